The maximum Gasteiger partial charge on any atom is 0.322 e. The third kappa shape index (κ3) is 3.90. The number of β-amino-alcohol motifs (C(OH)–C–C–N with tert-alkyl or cyclic N) is 1. The molecule has 2 aromatic heterocycles. The van der Waals surface area contributed by atoms with Crippen LogP contribution < -0.4 is 10.2 Å². The van der Waals surface area contributed by atoms with E-state index in [1.807, 2.05) is 6.07 Å². The van der Waals surface area contributed by atoms with E-state index in [4.69, 9.17) is 16.6 Å². The van der Waals surface area contributed by atoms with E-state index in [-0.39, 0.29) is 17.9 Å². The Morgan fingerprint density at radius 1 is 1.26 bits per heavy atom. The van der Waals surface area contributed by atoms with Crippen LogP contribution in [0.2, 0.25) is 5.02 Å². The first kappa shape index (κ1) is 20.0. The first-order valence-electron chi connectivity index (χ1n) is 10.3. The molecule has 8 nitrogen and oxygen atoms in total. The summed E-state index contributed by atoms with van der Waals surface area (Å²) in [5.74, 6) is 0.369. The number of halogens is 2. The summed E-state index contributed by atoms with van der Waals surface area (Å²) in [5.41, 5.74) is 1.84. The number of urea groups is 1. The fourth-order valence-electron chi connectivity index (χ4n) is 4.38. The molecule has 2 aliphatic rings. The minimum atomic E-state index is -0.484. The quantitative estimate of drug-likeness (QED) is 0.646. The summed E-state index contributed by atoms with van der Waals surface area (Å²) in [6.45, 7) is 1.61. The maximum absolute atomic E-state index is 13.9. The molecule has 1 unspecified atom stereocenters. The van der Waals surface area contributed by atoms with Crippen LogP contribution in [0.25, 0.3) is 5.65 Å². The number of nitrogens with zero attached hydrogens (tertiary/aromatic N) is 5. The van der Waals surface area contributed by atoms with Gasteiger partial charge in [0.25, 0.3) is 0 Å². The number of carbonyl (C=O) groups excluding carboxylic acids is 1. The third-order valence-corrected chi connectivity index (χ3v) is 6.08. The van der Waals surface area contributed by atoms with Gasteiger partial charge in [0.1, 0.15) is 17.3 Å². The van der Waals surface area contributed by atoms with Gasteiger partial charge < -0.3 is 20.2 Å². The minimum Gasteiger partial charge on any atom is -0.391 e. The van der Waals surface area contributed by atoms with Gasteiger partial charge in [-0.15, -0.1) is 0 Å². The van der Waals surface area contributed by atoms with Crippen molar-refractivity contribution >= 4 is 34.8 Å². The molecule has 1 aromatic carbocycles. The molecular formula is C21H22ClFN6O2. The number of amides is 2. The van der Waals surface area contributed by atoms with Gasteiger partial charge in [-0.1, -0.05) is 11.6 Å². The predicted molar refractivity (Wildman–Crippen MR) is 115 cm³/mol. The lowest BCUT2D eigenvalue weighted by atomic mass is 10.0. The molecule has 10 heteroatoms. The zero-order valence-corrected chi connectivity index (χ0v) is 17.5. The molecule has 0 radical (unpaired) electrons. The van der Waals surface area contributed by atoms with Crippen molar-refractivity contribution < 1.29 is 14.3 Å². The van der Waals surface area contributed by atoms with Gasteiger partial charge in [-0.25, -0.2) is 18.7 Å². The van der Waals surface area contributed by atoms with Crippen molar-refractivity contribution in [1.82, 2.24) is 19.5 Å². The lowest BCUT2D eigenvalue weighted by Crippen LogP contribution is -2.33. The van der Waals surface area contributed by atoms with E-state index in [2.05, 4.69) is 15.3 Å². The van der Waals surface area contributed by atoms with Crippen molar-refractivity contribution in [2.24, 2.45) is 0 Å². The number of hydrogen-bond donors (Lipinski definition) is 2. The van der Waals surface area contributed by atoms with Crippen LogP contribution in [0.3, 0.4) is 0 Å². The van der Waals surface area contributed by atoms with Crippen LogP contribution in [-0.4, -0.2) is 56.4 Å². The summed E-state index contributed by atoms with van der Waals surface area (Å²) in [6.07, 6.45) is 5.26. The highest BCUT2D eigenvalue weighted by Gasteiger charge is 2.29. The Labute approximate surface area is 183 Å². The fourth-order valence-corrected chi connectivity index (χ4v) is 4.61. The van der Waals surface area contributed by atoms with Crippen molar-refractivity contribution in [2.75, 3.05) is 29.9 Å². The second-order valence-corrected chi connectivity index (χ2v) is 8.42. The van der Waals surface area contributed by atoms with Gasteiger partial charge in [0.2, 0.25) is 0 Å². The monoisotopic (exact) mass is 444 g/mol. The molecule has 3 aromatic rings. The SMILES string of the molecule is O=C(Nc1cnn2ccc(N3CCC[C@@H]3c3cc(F)cc(Cl)c3)nc12)N1CCC(O)C1. The van der Waals surface area contributed by atoms with E-state index in [1.54, 1.807) is 27.9 Å². The topological polar surface area (TPSA) is 86.0 Å². The summed E-state index contributed by atoms with van der Waals surface area (Å²) in [6, 6.07) is 6.16. The molecule has 2 atom stereocenters. The Hall–Kier alpha value is -2.91. The molecule has 2 saturated heterocycles. The Morgan fingerprint density at radius 3 is 2.90 bits per heavy atom. The molecule has 0 spiro atoms. The van der Waals surface area contributed by atoms with E-state index >= 15 is 0 Å². The molecule has 2 fully saturated rings. The van der Waals surface area contributed by atoms with Crippen LogP contribution in [0, 0.1) is 5.82 Å². The number of hydrogen-bond acceptors (Lipinski definition) is 5. The summed E-state index contributed by atoms with van der Waals surface area (Å²) in [4.78, 5) is 21.0. The van der Waals surface area contributed by atoms with E-state index in [0.717, 1.165) is 30.8 Å². The molecule has 162 valence electrons. The number of aromatic nitrogens is 3. The Morgan fingerprint density at radius 2 is 2.13 bits per heavy atom. The molecule has 0 saturated carbocycles. The molecule has 0 bridgehead atoms. The third-order valence-electron chi connectivity index (χ3n) is 5.86. The van der Waals surface area contributed by atoms with Gasteiger partial charge in [-0.2, -0.15) is 5.10 Å². The lowest BCUT2D eigenvalue weighted by molar-refractivity contribution is 0.176. The number of fused-ring (bicyclic) bond motifs is 1. The Kier molecular flexibility index (Phi) is 5.15. The van der Waals surface area contributed by atoms with Gasteiger partial charge in [-0.3, -0.25) is 0 Å². The maximum atomic E-state index is 13.9. The average molecular weight is 445 g/mol. The zero-order chi connectivity index (χ0) is 21.5. The van der Waals surface area contributed by atoms with E-state index in [0.29, 0.717) is 35.9 Å². The molecule has 5 rings (SSSR count). The van der Waals surface area contributed by atoms with Crippen molar-refractivity contribution in [2.45, 2.75) is 31.4 Å². The molecule has 2 amide bonds. The normalized spacial score (nSPS) is 21.3. The number of rotatable bonds is 3. The number of aliphatic hydroxyl groups excluding tert-OH is 1. The number of carbonyl (C=O) groups is 1. The van der Waals surface area contributed by atoms with E-state index in [1.165, 1.54) is 12.1 Å². The van der Waals surface area contributed by atoms with E-state index < -0.39 is 6.10 Å². The molecule has 0 aliphatic carbocycles. The largest absolute Gasteiger partial charge is 0.391 e. The van der Waals surface area contributed by atoms with Crippen LogP contribution in [0.5, 0.6) is 0 Å². The van der Waals surface area contributed by atoms with Gasteiger partial charge in [0.05, 0.1) is 18.3 Å². The Bertz CT molecular complexity index is 1120. The van der Waals surface area contributed by atoms with Crippen LogP contribution in [-0.2, 0) is 0 Å². The first-order chi connectivity index (χ1) is 15.0. The van der Waals surface area contributed by atoms with Gasteiger partial charge in [0.15, 0.2) is 5.65 Å². The first-order valence-corrected chi connectivity index (χ1v) is 10.7. The van der Waals surface area contributed by atoms with E-state index in [9.17, 15) is 14.3 Å². The highest BCUT2D eigenvalue weighted by Crippen LogP contribution is 2.37. The lowest BCUT2D eigenvalue weighted by Gasteiger charge is -2.26. The average Bonchev–Trinajstić information content (AvgIpc) is 3.47. The smallest absolute Gasteiger partial charge is 0.322 e. The number of aliphatic hydroxyl groups is 1. The molecule has 2 N–H and O–H groups in total. The molecule has 31 heavy (non-hydrogen) atoms. The van der Waals surface area contributed by atoms with Gasteiger partial charge in [-0.05, 0) is 49.1 Å². The predicted octanol–water partition coefficient (Wildman–Crippen LogP) is 3.46. The van der Waals surface area contributed by atoms with Crippen LogP contribution in [0.4, 0.5) is 20.7 Å². The summed E-state index contributed by atoms with van der Waals surface area (Å²) in [5, 5.41) is 17.2. The second-order valence-electron chi connectivity index (χ2n) is 7.99. The zero-order valence-electron chi connectivity index (χ0n) is 16.7. The molecule has 4 heterocycles. The van der Waals surface area contributed by atoms with Gasteiger partial charge in [0, 0.05) is 30.9 Å². The van der Waals surface area contributed by atoms with Crippen molar-refractivity contribution in [1.29, 1.82) is 0 Å². The summed E-state index contributed by atoms with van der Waals surface area (Å²) >= 11 is 6.07. The van der Waals surface area contributed by atoms with Gasteiger partial charge >= 0.3 is 6.03 Å². The number of anilines is 2. The number of benzene rings is 1. The van der Waals surface area contributed by atoms with Crippen LogP contribution >= 0.6 is 11.6 Å². The summed E-state index contributed by atoms with van der Waals surface area (Å²) < 4.78 is 15.5. The number of nitrogens with one attached hydrogen (secondary N) is 1. The van der Waals surface area contributed by atoms with Crippen molar-refractivity contribution in [3.63, 3.8) is 0 Å². The van der Waals surface area contributed by atoms with Crippen molar-refractivity contribution in [3.8, 4) is 0 Å². The second kappa shape index (κ2) is 7.97. The molecule has 2 aliphatic heterocycles. The standard InChI is InChI=1S/C21H22ClFN6O2/c22-14-8-13(9-15(23)10-14)18-2-1-5-28(18)19-4-7-29-20(26-19)17(11-24-29)25-21(31)27-6-3-16(30)12-27/h4,7-11,16,18,30H,1-3,5-6,12H2,(H,25,31)/t16?,18-/m1/s1. The summed E-state index contributed by atoms with van der Waals surface area (Å²) in [7, 11) is 0. The molecular weight excluding hydrogens is 423 g/mol. The number of likely N-dealkylation sites (tertiary alicyclic amines) is 1. The fraction of sp³-hybridized carbons (Fsp3) is 0.381. The minimum absolute atomic E-state index is 0.0322. The highest BCUT2D eigenvalue weighted by molar-refractivity contribution is 6.30. The van der Waals surface area contributed by atoms with Crippen LogP contribution in [0.15, 0.2) is 36.7 Å². The highest BCUT2D eigenvalue weighted by atomic mass is 35.5. The van der Waals surface area contributed by atoms with Crippen molar-refractivity contribution in [3.05, 3.63) is 53.1 Å². The Balaban J connectivity index is 1.42. The van der Waals surface area contributed by atoms with Crippen LogP contribution in [0.1, 0.15) is 30.9 Å².